The van der Waals surface area contributed by atoms with E-state index in [0.29, 0.717) is 24.5 Å². The molecule has 1 aromatic rings. The molecule has 2 N–H and O–H groups in total. The SMILES string of the molecule is CC(C)C(C(=O)N1CCC(O)(c2ccc(Cl)cc2)C(C)(C)C1)N(C)C(=O)O. The molecule has 150 valence electrons. The van der Waals surface area contributed by atoms with Gasteiger partial charge in [-0.2, -0.15) is 0 Å². The van der Waals surface area contributed by atoms with Crippen molar-refractivity contribution in [1.82, 2.24) is 9.80 Å². The molecule has 7 heteroatoms. The van der Waals surface area contributed by atoms with Crippen molar-refractivity contribution in [1.29, 1.82) is 0 Å². The summed E-state index contributed by atoms with van der Waals surface area (Å²) in [6.45, 7) is 8.21. The predicted octanol–water partition coefficient (Wildman–Crippen LogP) is 3.42. The number of piperidine rings is 1. The van der Waals surface area contributed by atoms with Crippen LogP contribution in [0, 0.1) is 11.3 Å². The van der Waals surface area contributed by atoms with Crippen LogP contribution in [-0.2, 0) is 10.4 Å². The molecule has 1 aliphatic heterocycles. The van der Waals surface area contributed by atoms with Crippen molar-refractivity contribution >= 4 is 23.6 Å². The largest absolute Gasteiger partial charge is 0.465 e. The van der Waals surface area contributed by atoms with Gasteiger partial charge in [-0.05, 0) is 30.0 Å². The fourth-order valence-electron chi connectivity index (χ4n) is 3.98. The van der Waals surface area contributed by atoms with Gasteiger partial charge in [0.2, 0.25) is 5.91 Å². The van der Waals surface area contributed by atoms with E-state index in [2.05, 4.69) is 0 Å². The van der Waals surface area contributed by atoms with Gasteiger partial charge < -0.3 is 15.1 Å². The number of halogens is 1. The first-order chi connectivity index (χ1) is 12.4. The van der Waals surface area contributed by atoms with Crippen LogP contribution in [0.3, 0.4) is 0 Å². The molecule has 2 unspecified atom stereocenters. The summed E-state index contributed by atoms with van der Waals surface area (Å²) in [4.78, 5) is 27.2. The molecule has 27 heavy (non-hydrogen) atoms. The zero-order valence-electron chi connectivity index (χ0n) is 16.6. The fourth-order valence-corrected chi connectivity index (χ4v) is 4.10. The van der Waals surface area contributed by atoms with Crippen LogP contribution in [0.1, 0.15) is 39.7 Å². The highest BCUT2D eigenvalue weighted by Crippen LogP contribution is 2.46. The highest BCUT2D eigenvalue weighted by molar-refractivity contribution is 6.30. The summed E-state index contributed by atoms with van der Waals surface area (Å²) in [6, 6.07) is 6.38. The van der Waals surface area contributed by atoms with E-state index in [0.717, 1.165) is 10.5 Å². The number of nitrogens with zero attached hydrogens (tertiary/aromatic N) is 2. The van der Waals surface area contributed by atoms with Crippen molar-refractivity contribution in [2.75, 3.05) is 20.1 Å². The molecule has 1 aromatic carbocycles. The van der Waals surface area contributed by atoms with E-state index in [1.165, 1.54) is 7.05 Å². The third-order valence-corrected chi connectivity index (χ3v) is 5.94. The van der Waals surface area contributed by atoms with Crippen LogP contribution in [0.25, 0.3) is 0 Å². The number of likely N-dealkylation sites (tertiary alicyclic amines) is 1. The van der Waals surface area contributed by atoms with E-state index >= 15 is 0 Å². The fraction of sp³-hybridized carbons (Fsp3) is 0.600. The third-order valence-electron chi connectivity index (χ3n) is 5.69. The van der Waals surface area contributed by atoms with Gasteiger partial charge in [0.15, 0.2) is 0 Å². The van der Waals surface area contributed by atoms with Crippen LogP contribution < -0.4 is 0 Å². The lowest BCUT2D eigenvalue weighted by Gasteiger charge is -2.51. The molecule has 6 nitrogen and oxygen atoms in total. The van der Waals surface area contributed by atoms with Crippen LogP contribution in [0.2, 0.25) is 5.02 Å². The van der Waals surface area contributed by atoms with E-state index in [-0.39, 0.29) is 11.8 Å². The maximum absolute atomic E-state index is 13.1. The Morgan fingerprint density at radius 3 is 2.22 bits per heavy atom. The highest BCUT2D eigenvalue weighted by atomic mass is 35.5. The van der Waals surface area contributed by atoms with Gasteiger partial charge in [-0.3, -0.25) is 9.69 Å². The summed E-state index contributed by atoms with van der Waals surface area (Å²) >= 11 is 5.96. The van der Waals surface area contributed by atoms with E-state index in [4.69, 9.17) is 11.6 Å². The van der Waals surface area contributed by atoms with E-state index in [9.17, 15) is 19.8 Å². The Kier molecular flexibility index (Phi) is 6.12. The Hall–Kier alpha value is -1.79. The Balaban J connectivity index is 2.26. The van der Waals surface area contributed by atoms with Crippen LogP contribution in [-0.4, -0.2) is 58.2 Å². The van der Waals surface area contributed by atoms with E-state index in [1.54, 1.807) is 17.0 Å². The molecule has 0 spiro atoms. The van der Waals surface area contributed by atoms with Gasteiger partial charge in [0.1, 0.15) is 6.04 Å². The minimum atomic E-state index is -1.13. The number of rotatable bonds is 4. The number of aliphatic hydroxyl groups is 1. The smallest absolute Gasteiger partial charge is 0.407 e. The van der Waals surface area contributed by atoms with Gasteiger partial charge in [-0.25, -0.2) is 4.79 Å². The maximum atomic E-state index is 13.1. The lowest BCUT2D eigenvalue weighted by Crippen LogP contribution is -2.60. The topological polar surface area (TPSA) is 81.1 Å². The number of carboxylic acid groups (broad SMARTS) is 1. The zero-order valence-corrected chi connectivity index (χ0v) is 17.3. The molecule has 0 saturated carbocycles. The Bertz CT molecular complexity index is 704. The number of likely N-dealkylation sites (N-methyl/N-ethyl adjacent to an activating group) is 1. The minimum Gasteiger partial charge on any atom is -0.465 e. The molecule has 1 heterocycles. The monoisotopic (exact) mass is 396 g/mol. The first kappa shape index (κ1) is 21.5. The third kappa shape index (κ3) is 4.06. The Morgan fingerprint density at radius 1 is 1.22 bits per heavy atom. The summed E-state index contributed by atoms with van der Waals surface area (Å²) in [7, 11) is 1.42. The number of carbonyl (C=O) groups excluding carboxylic acids is 1. The molecule has 0 radical (unpaired) electrons. The molecule has 2 rings (SSSR count). The van der Waals surface area contributed by atoms with Gasteiger partial charge in [0.05, 0.1) is 5.60 Å². The molecule has 2 amide bonds. The molecular formula is C20H29ClN2O4. The van der Waals surface area contributed by atoms with E-state index < -0.39 is 23.2 Å². The van der Waals surface area contributed by atoms with Crippen LogP contribution in [0.4, 0.5) is 4.79 Å². The summed E-state index contributed by atoms with van der Waals surface area (Å²) in [5.41, 5.74) is -0.939. The number of benzene rings is 1. The summed E-state index contributed by atoms with van der Waals surface area (Å²) in [5.74, 6) is -0.375. The average Bonchev–Trinajstić information content (AvgIpc) is 2.57. The van der Waals surface area contributed by atoms with Gasteiger partial charge in [0, 0.05) is 30.6 Å². The molecule has 1 saturated heterocycles. The number of carbonyl (C=O) groups is 2. The number of amides is 2. The molecular weight excluding hydrogens is 368 g/mol. The number of hydrogen-bond donors (Lipinski definition) is 2. The summed E-state index contributed by atoms with van der Waals surface area (Å²) in [5, 5.41) is 21.3. The summed E-state index contributed by atoms with van der Waals surface area (Å²) in [6.07, 6.45) is -0.759. The van der Waals surface area contributed by atoms with Crippen molar-refractivity contribution in [3.05, 3.63) is 34.9 Å². The second-order valence-corrected chi connectivity index (χ2v) is 8.78. The minimum absolute atomic E-state index is 0.154. The van der Waals surface area contributed by atoms with Crippen molar-refractivity contribution < 1.29 is 19.8 Å². The van der Waals surface area contributed by atoms with Crippen LogP contribution in [0.15, 0.2) is 24.3 Å². The molecule has 2 atom stereocenters. The van der Waals surface area contributed by atoms with Gasteiger partial charge in [-0.1, -0.05) is 51.4 Å². The first-order valence-corrected chi connectivity index (χ1v) is 9.51. The lowest BCUT2D eigenvalue weighted by atomic mass is 9.66. The van der Waals surface area contributed by atoms with Crippen molar-refractivity contribution in [2.24, 2.45) is 11.3 Å². The lowest BCUT2D eigenvalue weighted by molar-refractivity contribution is -0.158. The van der Waals surface area contributed by atoms with Crippen LogP contribution >= 0.6 is 11.6 Å². The van der Waals surface area contributed by atoms with E-state index in [1.807, 2.05) is 39.8 Å². The normalized spacial score (nSPS) is 23.2. The maximum Gasteiger partial charge on any atom is 0.407 e. The molecule has 0 bridgehead atoms. The van der Waals surface area contributed by atoms with Crippen molar-refractivity contribution in [3.8, 4) is 0 Å². The molecule has 0 aliphatic carbocycles. The Labute approximate surface area is 165 Å². The van der Waals surface area contributed by atoms with Gasteiger partial charge in [0.25, 0.3) is 0 Å². The molecule has 1 fully saturated rings. The quantitative estimate of drug-likeness (QED) is 0.817. The average molecular weight is 397 g/mol. The van der Waals surface area contributed by atoms with Crippen molar-refractivity contribution in [3.63, 3.8) is 0 Å². The molecule has 1 aliphatic rings. The second kappa shape index (κ2) is 7.68. The molecule has 0 aromatic heterocycles. The second-order valence-electron chi connectivity index (χ2n) is 8.34. The standard InChI is InChI=1S/C20H29ClN2O4/c1-13(2)16(22(5)18(25)26)17(24)23-11-10-20(27,19(3,4)12-23)14-6-8-15(21)9-7-14/h6-9,13,16,27H,10-12H2,1-5H3,(H,25,26). The van der Waals surface area contributed by atoms with Crippen LogP contribution in [0.5, 0.6) is 0 Å². The Morgan fingerprint density at radius 2 is 1.78 bits per heavy atom. The van der Waals surface area contributed by atoms with Crippen molar-refractivity contribution in [2.45, 2.75) is 45.8 Å². The predicted molar refractivity (Wildman–Crippen MR) is 105 cm³/mol. The van der Waals surface area contributed by atoms with Gasteiger partial charge in [-0.15, -0.1) is 0 Å². The van der Waals surface area contributed by atoms with Gasteiger partial charge >= 0.3 is 6.09 Å². The summed E-state index contributed by atoms with van der Waals surface area (Å²) < 4.78 is 0. The highest BCUT2D eigenvalue weighted by Gasteiger charge is 2.50. The first-order valence-electron chi connectivity index (χ1n) is 9.13. The zero-order chi connectivity index (χ0) is 20.6. The number of hydrogen-bond acceptors (Lipinski definition) is 3.